The van der Waals surface area contributed by atoms with Crippen LogP contribution in [0.3, 0.4) is 0 Å². The predicted octanol–water partition coefficient (Wildman–Crippen LogP) is 3.06. The smallest absolute Gasteiger partial charge is 0.314 e. The number of fused-ring (bicyclic) bond motifs is 1. The number of carbonyl (C=O) groups excluding carboxylic acids is 2. The molecule has 2 fully saturated rings. The summed E-state index contributed by atoms with van der Waals surface area (Å²) in [6.45, 7) is 7.32. The molecule has 0 N–H and O–H groups in total. The van der Waals surface area contributed by atoms with Crippen molar-refractivity contribution in [3.63, 3.8) is 0 Å². The molecule has 1 aromatic heterocycles. The Bertz CT molecular complexity index is 1070. The van der Waals surface area contributed by atoms with E-state index in [0.29, 0.717) is 38.0 Å². The summed E-state index contributed by atoms with van der Waals surface area (Å²) < 4.78 is 6.69. The highest BCUT2D eigenvalue weighted by Gasteiger charge is 2.68. The van der Waals surface area contributed by atoms with Crippen molar-refractivity contribution in [3.05, 3.63) is 69.6 Å². The van der Waals surface area contributed by atoms with Gasteiger partial charge in [-0.05, 0) is 48.3 Å². The van der Waals surface area contributed by atoms with Gasteiger partial charge in [0.2, 0.25) is 0 Å². The molecular formula is C25H30N2O4. The molecule has 2 atom stereocenters. The second-order valence-electron chi connectivity index (χ2n) is 9.66. The molecule has 1 aliphatic heterocycles. The Kier molecular flexibility index (Phi) is 5.28. The highest BCUT2D eigenvalue weighted by molar-refractivity contribution is 5.96. The fourth-order valence-electron chi connectivity index (χ4n) is 5.68. The number of hydrogen-bond acceptors (Lipinski definition) is 4. The minimum atomic E-state index is -0.650. The van der Waals surface area contributed by atoms with Gasteiger partial charge in [0.15, 0.2) is 0 Å². The van der Waals surface area contributed by atoms with Gasteiger partial charge in [-0.25, -0.2) is 0 Å². The quantitative estimate of drug-likeness (QED) is 0.695. The zero-order valence-corrected chi connectivity index (χ0v) is 18.7. The minimum absolute atomic E-state index is 0.0369. The zero-order valence-electron chi connectivity index (χ0n) is 18.7. The fraction of sp³-hybridized carbons (Fsp3) is 0.480. The first-order valence-corrected chi connectivity index (χ1v) is 10.8. The molecule has 1 amide bonds. The van der Waals surface area contributed by atoms with E-state index in [1.807, 2.05) is 36.4 Å². The van der Waals surface area contributed by atoms with Crippen molar-refractivity contribution in [1.29, 1.82) is 0 Å². The molecule has 2 heterocycles. The van der Waals surface area contributed by atoms with Crippen LogP contribution >= 0.6 is 0 Å². The number of carbonyl (C=O) groups is 2. The lowest BCUT2D eigenvalue weighted by Crippen LogP contribution is -2.57. The maximum atomic E-state index is 13.5. The van der Waals surface area contributed by atoms with Crippen molar-refractivity contribution in [1.82, 2.24) is 9.47 Å². The second kappa shape index (κ2) is 7.66. The van der Waals surface area contributed by atoms with Gasteiger partial charge in [-0.2, -0.15) is 0 Å². The van der Waals surface area contributed by atoms with Gasteiger partial charge in [-0.1, -0.05) is 44.2 Å². The maximum absolute atomic E-state index is 13.5. The van der Waals surface area contributed by atoms with Crippen molar-refractivity contribution in [2.75, 3.05) is 20.2 Å². The largest absolute Gasteiger partial charge is 0.469 e. The minimum Gasteiger partial charge on any atom is -0.469 e. The second-order valence-corrected chi connectivity index (χ2v) is 9.66. The number of hydrogen-bond donors (Lipinski definition) is 0. The van der Waals surface area contributed by atoms with Gasteiger partial charge < -0.3 is 14.2 Å². The normalized spacial score (nSPS) is 23.7. The molecule has 1 aliphatic carbocycles. The molecule has 1 saturated carbocycles. The third kappa shape index (κ3) is 3.48. The van der Waals surface area contributed by atoms with Crippen LogP contribution in [0, 0.1) is 23.7 Å². The summed E-state index contributed by atoms with van der Waals surface area (Å²) in [6, 6.07) is 11.8. The third-order valence-corrected chi connectivity index (χ3v) is 7.21. The van der Waals surface area contributed by atoms with Crippen LogP contribution in [0.5, 0.6) is 0 Å². The Morgan fingerprint density at radius 1 is 1.16 bits per heavy atom. The summed E-state index contributed by atoms with van der Waals surface area (Å²) in [5, 5.41) is 0. The van der Waals surface area contributed by atoms with Crippen molar-refractivity contribution < 1.29 is 14.3 Å². The molecule has 1 saturated heterocycles. The van der Waals surface area contributed by atoms with Gasteiger partial charge >= 0.3 is 5.97 Å². The number of esters is 1. The molecular weight excluding hydrogens is 392 g/mol. The van der Waals surface area contributed by atoms with Crippen LogP contribution in [-0.2, 0) is 22.5 Å². The number of aryl methyl sites for hydroxylation is 3. The molecule has 2 aromatic rings. The van der Waals surface area contributed by atoms with Crippen LogP contribution in [0.2, 0.25) is 0 Å². The number of benzene rings is 1. The third-order valence-electron chi connectivity index (χ3n) is 7.21. The van der Waals surface area contributed by atoms with E-state index in [2.05, 4.69) is 13.8 Å². The molecule has 6 nitrogen and oxygen atoms in total. The monoisotopic (exact) mass is 422 g/mol. The summed E-state index contributed by atoms with van der Waals surface area (Å²) in [4.78, 5) is 40.9. The summed E-state index contributed by atoms with van der Waals surface area (Å²) in [6.07, 6.45) is 3.16. The number of likely N-dealkylation sites (tertiary alicyclic amines) is 1. The number of amides is 1. The molecule has 0 unspecified atom stereocenters. The van der Waals surface area contributed by atoms with Crippen LogP contribution in [0.25, 0.3) is 0 Å². The molecule has 31 heavy (non-hydrogen) atoms. The standard InChI is InChI=1S/C25H30N2O4/c1-17-10-12-26(13-11-18-8-6-5-7-9-18)21(28)20(17)22(29)27-14-19-24(2,3)15-25(19,16-27)23(30)31-4/h5-10,12,19H,11,13-16H2,1-4H3/t19-,25+/m1/s1. The van der Waals surface area contributed by atoms with Crippen LogP contribution < -0.4 is 5.56 Å². The fourth-order valence-corrected chi connectivity index (χ4v) is 5.68. The molecule has 164 valence electrons. The van der Waals surface area contributed by atoms with E-state index in [9.17, 15) is 14.4 Å². The lowest BCUT2D eigenvalue weighted by atomic mass is 9.48. The zero-order chi connectivity index (χ0) is 22.4. The van der Waals surface area contributed by atoms with E-state index in [-0.39, 0.29) is 34.3 Å². The molecule has 4 rings (SSSR count). The summed E-state index contributed by atoms with van der Waals surface area (Å²) in [5.41, 5.74) is 1.05. The highest BCUT2D eigenvalue weighted by atomic mass is 16.5. The van der Waals surface area contributed by atoms with E-state index < -0.39 is 5.41 Å². The van der Waals surface area contributed by atoms with Gasteiger partial charge in [0.05, 0.1) is 12.5 Å². The number of aromatic nitrogens is 1. The van der Waals surface area contributed by atoms with Gasteiger partial charge in [0.25, 0.3) is 11.5 Å². The molecule has 0 radical (unpaired) electrons. The average Bonchev–Trinajstić information content (AvgIpc) is 3.09. The SMILES string of the molecule is COC(=O)[C@@]12CN(C(=O)c3c(C)ccn(CCc4ccccc4)c3=O)C[C@@H]1C(C)(C)C2. The van der Waals surface area contributed by atoms with E-state index in [1.165, 1.54) is 7.11 Å². The molecule has 6 heteroatoms. The van der Waals surface area contributed by atoms with E-state index >= 15 is 0 Å². The van der Waals surface area contributed by atoms with E-state index in [1.54, 1.807) is 22.6 Å². The van der Waals surface area contributed by atoms with E-state index in [4.69, 9.17) is 4.74 Å². The van der Waals surface area contributed by atoms with Gasteiger partial charge in [-0.3, -0.25) is 14.4 Å². The van der Waals surface area contributed by atoms with E-state index in [0.717, 1.165) is 5.56 Å². The summed E-state index contributed by atoms with van der Waals surface area (Å²) >= 11 is 0. The van der Waals surface area contributed by atoms with Crippen LogP contribution in [0.1, 0.15) is 41.8 Å². The Balaban J connectivity index is 1.59. The highest BCUT2D eigenvalue weighted by Crippen LogP contribution is 2.63. The van der Waals surface area contributed by atoms with Crippen molar-refractivity contribution >= 4 is 11.9 Å². The van der Waals surface area contributed by atoms with Crippen LogP contribution in [0.4, 0.5) is 0 Å². The maximum Gasteiger partial charge on any atom is 0.314 e. The lowest BCUT2D eigenvalue weighted by Gasteiger charge is -2.54. The number of methoxy groups -OCH3 is 1. The number of pyridine rings is 1. The van der Waals surface area contributed by atoms with Crippen LogP contribution in [0.15, 0.2) is 47.4 Å². The van der Waals surface area contributed by atoms with Crippen molar-refractivity contribution in [3.8, 4) is 0 Å². The Morgan fingerprint density at radius 2 is 1.87 bits per heavy atom. The van der Waals surface area contributed by atoms with Crippen molar-refractivity contribution in [2.45, 2.75) is 40.2 Å². The number of nitrogens with zero attached hydrogens (tertiary/aromatic N) is 2. The first-order valence-electron chi connectivity index (χ1n) is 10.8. The van der Waals surface area contributed by atoms with Gasteiger partial charge in [0, 0.05) is 25.8 Å². The number of ether oxygens (including phenoxy) is 1. The van der Waals surface area contributed by atoms with Gasteiger partial charge in [0.1, 0.15) is 5.56 Å². The van der Waals surface area contributed by atoms with Crippen molar-refractivity contribution in [2.24, 2.45) is 16.7 Å². The van der Waals surface area contributed by atoms with Gasteiger partial charge in [-0.15, -0.1) is 0 Å². The lowest BCUT2D eigenvalue weighted by molar-refractivity contribution is -0.174. The Hall–Kier alpha value is -2.89. The Morgan fingerprint density at radius 3 is 2.52 bits per heavy atom. The predicted molar refractivity (Wildman–Crippen MR) is 118 cm³/mol. The topological polar surface area (TPSA) is 68.6 Å². The molecule has 2 aliphatic rings. The summed E-state index contributed by atoms with van der Waals surface area (Å²) in [5.74, 6) is -0.497. The van der Waals surface area contributed by atoms with Crippen LogP contribution in [-0.4, -0.2) is 41.5 Å². The number of rotatable bonds is 5. The average molecular weight is 423 g/mol. The first kappa shape index (κ1) is 21.3. The summed E-state index contributed by atoms with van der Waals surface area (Å²) in [7, 11) is 1.40. The molecule has 1 aromatic carbocycles. The Labute approximate surface area is 182 Å². The molecule has 0 bridgehead atoms. The molecule has 0 spiro atoms. The first-order chi connectivity index (χ1) is 14.7.